The maximum atomic E-state index is 11.5. The number of hydrogen-bond acceptors (Lipinski definition) is 4. The maximum Gasteiger partial charge on any atom is 0.288 e. The van der Waals surface area contributed by atoms with Crippen LogP contribution in [0.15, 0.2) is 11.0 Å². The number of Topliss-reactive ketones (excluding diaryl/α,β-unsaturated/α-hetero) is 1. The zero-order valence-corrected chi connectivity index (χ0v) is 8.63. The minimum atomic E-state index is -0.464. The first-order chi connectivity index (χ1) is 6.56. The Hall–Kier alpha value is -1.36. The van der Waals surface area contributed by atoms with E-state index < -0.39 is 5.56 Å². The van der Waals surface area contributed by atoms with Crippen LogP contribution in [-0.4, -0.2) is 22.6 Å². The number of nitrogens with one attached hydrogen (secondary N) is 1. The molecular formula is C8H10ClN3O2. The van der Waals surface area contributed by atoms with Crippen molar-refractivity contribution in [2.24, 2.45) is 0 Å². The number of ketones is 1. The van der Waals surface area contributed by atoms with Gasteiger partial charge in [-0.1, -0.05) is 11.6 Å². The highest BCUT2D eigenvalue weighted by molar-refractivity contribution is 6.32. The molecule has 0 fully saturated rings. The Bertz CT molecular complexity index is 414. The summed E-state index contributed by atoms with van der Waals surface area (Å²) in [6.07, 6.45) is 1.41. The van der Waals surface area contributed by atoms with Gasteiger partial charge in [-0.3, -0.25) is 9.59 Å². The van der Waals surface area contributed by atoms with Crippen molar-refractivity contribution in [3.63, 3.8) is 0 Å². The van der Waals surface area contributed by atoms with Crippen molar-refractivity contribution < 1.29 is 4.79 Å². The number of aromatic nitrogens is 2. The van der Waals surface area contributed by atoms with E-state index in [0.717, 1.165) is 4.68 Å². The second kappa shape index (κ2) is 4.23. The van der Waals surface area contributed by atoms with E-state index in [4.69, 9.17) is 11.6 Å². The minimum Gasteiger partial charge on any atom is -0.385 e. The van der Waals surface area contributed by atoms with Crippen molar-refractivity contribution in [3.8, 4) is 0 Å². The van der Waals surface area contributed by atoms with Gasteiger partial charge in [0.1, 0.15) is 11.6 Å². The van der Waals surface area contributed by atoms with Crippen LogP contribution in [0.3, 0.4) is 0 Å². The SMILES string of the molecule is CNc1cnn(CC(C)=O)c(=O)c1Cl. The van der Waals surface area contributed by atoms with E-state index in [1.165, 1.54) is 13.1 Å². The molecule has 0 aliphatic heterocycles. The normalized spacial score (nSPS) is 9.93. The first kappa shape index (κ1) is 10.7. The Balaban J connectivity index is 3.17. The molecule has 0 aliphatic carbocycles. The number of halogens is 1. The Morgan fingerprint density at radius 3 is 2.86 bits per heavy atom. The number of anilines is 1. The Morgan fingerprint density at radius 1 is 1.71 bits per heavy atom. The molecule has 0 radical (unpaired) electrons. The maximum absolute atomic E-state index is 11.5. The second-order valence-corrected chi connectivity index (χ2v) is 3.17. The Labute approximate surface area is 85.7 Å². The van der Waals surface area contributed by atoms with Gasteiger partial charge in [-0.05, 0) is 6.92 Å². The van der Waals surface area contributed by atoms with Crippen molar-refractivity contribution in [2.75, 3.05) is 12.4 Å². The monoisotopic (exact) mass is 215 g/mol. The molecule has 1 heterocycles. The van der Waals surface area contributed by atoms with Gasteiger partial charge in [0.25, 0.3) is 5.56 Å². The first-order valence-electron chi connectivity index (χ1n) is 3.99. The molecule has 14 heavy (non-hydrogen) atoms. The molecule has 0 aliphatic rings. The van der Waals surface area contributed by atoms with E-state index in [-0.39, 0.29) is 17.4 Å². The second-order valence-electron chi connectivity index (χ2n) is 2.79. The van der Waals surface area contributed by atoms with Crippen molar-refractivity contribution in [1.82, 2.24) is 9.78 Å². The van der Waals surface area contributed by atoms with Crippen molar-refractivity contribution >= 4 is 23.1 Å². The van der Waals surface area contributed by atoms with Gasteiger partial charge in [-0.15, -0.1) is 0 Å². The molecular weight excluding hydrogens is 206 g/mol. The third-order valence-electron chi connectivity index (χ3n) is 1.63. The zero-order valence-electron chi connectivity index (χ0n) is 7.87. The van der Waals surface area contributed by atoms with Crippen LogP contribution < -0.4 is 10.9 Å². The Morgan fingerprint density at radius 2 is 2.36 bits per heavy atom. The molecule has 0 spiro atoms. The molecule has 0 saturated carbocycles. The van der Waals surface area contributed by atoms with Gasteiger partial charge in [-0.25, -0.2) is 4.68 Å². The third-order valence-corrected chi connectivity index (χ3v) is 1.99. The predicted octanol–water partition coefficient (Wildman–Crippen LogP) is 0.527. The van der Waals surface area contributed by atoms with Crippen LogP contribution in [0.25, 0.3) is 0 Å². The highest BCUT2D eigenvalue weighted by Gasteiger charge is 2.08. The summed E-state index contributed by atoms with van der Waals surface area (Å²) in [6, 6.07) is 0. The van der Waals surface area contributed by atoms with Crippen LogP contribution in [0.2, 0.25) is 5.02 Å². The summed E-state index contributed by atoms with van der Waals surface area (Å²) in [5.74, 6) is -0.145. The van der Waals surface area contributed by atoms with E-state index in [0.29, 0.717) is 5.69 Å². The lowest BCUT2D eigenvalue weighted by Gasteiger charge is -2.05. The fourth-order valence-electron chi connectivity index (χ4n) is 0.963. The number of carbonyl (C=O) groups excluding carboxylic acids is 1. The minimum absolute atomic E-state index is 0.0451. The quantitative estimate of drug-likeness (QED) is 0.799. The Kier molecular flexibility index (Phi) is 3.24. The third kappa shape index (κ3) is 2.11. The first-order valence-corrected chi connectivity index (χ1v) is 4.37. The summed E-state index contributed by atoms with van der Waals surface area (Å²) in [4.78, 5) is 22.2. The predicted molar refractivity (Wildman–Crippen MR) is 53.7 cm³/mol. The van der Waals surface area contributed by atoms with Gasteiger partial charge in [0, 0.05) is 7.05 Å². The van der Waals surface area contributed by atoms with E-state index in [1.54, 1.807) is 7.05 Å². The largest absolute Gasteiger partial charge is 0.385 e. The van der Waals surface area contributed by atoms with Gasteiger partial charge in [0.15, 0.2) is 5.78 Å². The number of carbonyl (C=O) groups is 1. The topological polar surface area (TPSA) is 64.0 Å². The molecule has 0 amide bonds. The van der Waals surface area contributed by atoms with Crippen LogP contribution in [-0.2, 0) is 11.3 Å². The van der Waals surface area contributed by atoms with Gasteiger partial charge in [0.05, 0.1) is 11.9 Å². The summed E-state index contributed by atoms with van der Waals surface area (Å²) >= 11 is 5.73. The summed E-state index contributed by atoms with van der Waals surface area (Å²) in [7, 11) is 1.64. The number of rotatable bonds is 3. The highest BCUT2D eigenvalue weighted by atomic mass is 35.5. The van der Waals surface area contributed by atoms with Crippen LogP contribution in [0.4, 0.5) is 5.69 Å². The average Bonchev–Trinajstić information content (AvgIpc) is 2.13. The van der Waals surface area contributed by atoms with Gasteiger partial charge < -0.3 is 5.32 Å². The van der Waals surface area contributed by atoms with Crippen molar-refractivity contribution in [2.45, 2.75) is 13.5 Å². The van der Waals surface area contributed by atoms with Crippen LogP contribution >= 0.6 is 11.6 Å². The van der Waals surface area contributed by atoms with Crippen LogP contribution in [0.5, 0.6) is 0 Å². The van der Waals surface area contributed by atoms with E-state index in [9.17, 15) is 9.59 Å². The zero-order chi connectivity index (χ0) is 10.7. The molecule has 5 nitrogen and oxygen atoms in total. The molecule has 0 bridgehead atoms. The molecule has 0 saturated heterocycles. The van der Waals surface area contributed by atoms with Crippen molar-refractivity contribution in [1.29, 1.82) is 0 Å². The molecule has 1 rings (SSSR count). The van der Waals surface area contributed by atoms with Gasteiger partial charge >= 0.3 is 0 Å². The summed E-state index contributed by atoms with van der Waals surface area (Å²) in [5.41, 5.74) is -0.00909. The summed E-state index contributed by atoms with van der Waals surface area (Å²) < 4.78 is 1.03. The number of hydrogen-bond donors (Lipinski definition) is 1. The number of nitrogens with zero attached hydrogens (tertiary/aromatic N) is 2. The van der Waals surface area contributed by atoms with E-state index in [2.05, 4.69) is 10.4 Å². The molecule has 1 N–H and O–H groups in total. The van der Waals surface area contributed by atoms with Crippen molar-refractivity contribution in [3.05, 3.63) is 21.6 Å². The lowest BCUT2D eigenvalue weighted by atomic mass is 10.4. The molecule has 6 heteroatoms. The lowest BCUT2D eigenvalue weighted by molar-refractivity contribution is -0.117. The smallest absolute Gasteiger partial charge is 0.288 e. The van der Waals surface area contributed by atoms with E-state index in [1.807, 2.05) is 0 Å². The highest BCUT2D eigenvalue weighted by Crippen LogP contribution is 2.13. The molecule has 0 atom stereocenters. The fourth-order valence-corrected chi connectivity index (χ4v) is 1.20. The van der Waals surface area contributed by atoms with Gasteiger partial charge in [0.2, 0.25) is 0 Å². The van der Waals surface area contributed by atoms with Crippen LogP contribution in [0.1, 0.15) is 6.92 Å². The molecule has 0 unspecified atom stereocenters. The molecule has 1 aromatic heterocycles. The lowest BCUT2D eigenvalue weighted by Crippen LogP contribution is -2.26. The summed E-state index contributed by atoms with van der Waals surface area (Å²) in [5, 5.41) is 6.56. The van der Waals surface area contributed by atoms with Gasteiger partial charge in [-0.2, -0.15) is 5.10 Å². The molecule has 0 aromatic carbocycles. The van der Waals surface area contributed by atoms with E-state index >= 15 is 0 Å². The van der Waals surface area contributed by atoms with Crippen LogP contribution in [0, 0.1) is 0 Å². The average molecular weight is 216 g/mol. The molecule has 76 valence electrons. The molecule has 1 aromatic rings. The summed E-state index contributed by atoms with van der Waals surface area (Å²) in [6.45, 7) is 1.33. The standard InChI is InChI=1S/C8H10ClN3O2/c1-5(13)4-12-8(14)7(9)6(10-2)3-11-12/h3,10H,4H2,1-2H3. The fraction of sp³-hybridized carbons (Fsp3) is 0.375.